The SMILES string of the molecule is COc1ccc(C(=O)C[NH+]2CCN(c3ccc(F)cc3)CC2)cc1. The number of carbonyl (C=O) groups is 1. The van der Waals surface area contributed by atoms with Crippen molar-refractivity contribution < 1.29 is 18.8 Å². The minimum atomic E-state index is -0.215. The Bertz CT molecular complexity index is 678. The van der Waals surface area contributed by atoms with Crippen molar-refractivity contribution in [2.45, 2.75) is 0 Å². The smallest absolute Gasteiger partial charge is 0.216 e. The maximum absolute atomic E-state index is 13.0. The van der Waals surface area contributed by atoms with Crippen molar-refractivity contribution >= 4 is 11.5 Å². The van der Waals surface area contributed by atoms with E-state index in [4.69, 9.17) is 4.74 Å². The Morgan fingerprint density at radius 3 is 2.29 bits per heavy atom. The summed E-state index contributed by atoms with van der Waals surface area (Å²) in [5.74, 6) is 0.697. The van der Waals surface area contributed by atoms with E-state index in [0.29, 0.717) is 6.54 Å². The van der Waals surface area contributed by atoms with Crippen LogP contribution in [0.3, 0.4) is 0 Å². The van der Waals surface area contributed by atoms with Crippen LogP contribution >= 0.6 is 0 Å². The van der Waals surface area contributed by atoms with E-state index in [2.05, 4.69) is 4.90 Å². The van der Waals surface area contributed by atoms with E-state index in [9.17, 15) is 9.18 Å². The van der Waals surface area contributed by atoms with E-state index >= 15 is 0 Å². The van der Waals surface area contributed by atoms with Crippen LogP contribution in [0.4, 0.5) is 10.1 Å². The van der Waals surface area contributed by atoms with Crippen molar-refractivity contribution in [1.82, 2.24) is 0 Å². The molecule has 1 heterocycles. The van der Waals surface area contributed by atoms with Crippen LogP contribution < -0.4 is 14.5 Å². The Kier molecular flexibility index (Phi) is 5.11. The Balaban J connectivity index is 1.52. The summed E-state index contributed by atoms with van der Waals surface area (Å²) in [6.07, 6.45) is 0. The number of ether oxygens (including phenoxy) is 1. The minimum absolute atomic E-state index is 0.155. The largest absolute Gasteiger partial charge is 0.497 e. The second-order valence-corrected chi connectivity index (χ2v) is 6.04. The molecule has 0 bridgehead atoms. The maximum Gasteiger partial charge on any atom is 0.216 e. The third-order valence-electron chi connectivity index (χ3n) is 4.48. The van der Waals surface area contributed by atoms with E-state index in [1.807, 2.05) is 36.4 Å². The topological polar surface area (TPSA) is 34.0 Å². The number of benzene rings is 2. The molecule has 24 heavy (non-hydrogen) atoms. The zero-order valence-corrected chi connectivity index (χ0v) is 13.8. The van der Waals surface area contributed by atoms with Gasteiger partial charge in [0, 0.05) is 11.3 Å². The highest BCUT2D eigenvalue weighted by Gasteiger charge is 2.22. The summed E-state index contributed by atoms with van der Waals surface area (Å²) in [5.41, 5.74) is 1.76. The van der Waals surface area contributed by atoms with Gasteiger partial charge in [0.15, 0.2) is 0 Å². The summed E-state index contributed by atoms with van der Waals surface area (Å²) in [5, 5.41) is 0. The molecule has 0 unspecified atom stereocenters. The minimum Gasteiger partial charge on any atom is -0.497 e. The summed E-state index contributed by atoms with van der Waals surface area (Å²) in [4.78, 5) is 15.9. The molecule has 5 heteroatoms. The van der Waals surface area contributed by atoms with Gasteiger partial charge in [0.25, 0.3) is 0 Å². The van der Waals surface area contributed by atoms with Gasteiger partial charge < -0.3 is 14.5 Å². The molecule has 1 aliphatic rings. The molecular formula is C19H22FN2O2+. The second-order valence-electron chi connectivity index (χ2n) is 6.04. The number of methoxy groups -OCH3 is 1. The van der Waals surface area contributed by atoms with Crippen LogP contribution in [0.25, 0.3) is 0 Å². The van der Waals surface area contributed by atoms with Crippen molar-refractivity contribution in [1.29, 1.82) is 0 Å². The molecule has 2 aromatic carbocycles. The lowest BCUT2D eigenvalue weighted by atomic mass is 10.1. The van der Waals surface area contributed by atoms with Crippen molar-refractivity contribution in [2.75, 3.05) is 44.7 Å². The monoisotopic (exact) mass is 329 g/mol. The number of nitrogens with one attached hydrogen (secondary N) is 1. The fraction of sp³-hybridized carbons (Fsp3) is 0.316. The molecule has 0 aromatic heterocycles. The van der Waals surface area contributed by atoms with Gasteiger partial charge in [0.05, 0.1) is 33.3 Å². The highest BCUT2D eigenvalue weighted by Crippen LogP contribution is 2.14. The molecule has 3 rings (SSSR count). The second kappa shape index (κ2) is 7.45. The van der Waals surface area contributed by atoms with Gasteiger partial charge >= 0.3 is 0 Å². The number of hydrogen-bond donors (Lipinski definition) is 1. The Hall–Kier alpha value is -2.40. The Labute approximate surface area is 141 Å². The fourth-order valence-corrected chi connectivity index (χ4v) is 3.02. The van der Waals surface area contributed by atoms with E-state index in [-0.39, 0.29) is 11.6 Å². The number of quaternary nitrogens is 1. The number of anilines is 1. The molecule has 2 aromatic rings. The molecule has 0 spiro atoms. The van der Waals surface area contributed by atoms with Crippen LogP contribution in [-0.2, 0) is 0 Å². The third kappa shape index (κ3) is 3.92. The molecule has 0 aliphatic carbocycles. The normalized spacial score (nSPS) is 15.3. The summed E-state index contributed by atoms with van der Waals surface area (Å²) < 4.78 is 18.1. The van der Waals surface area contributed by atoms with Crippen LogP contribution in [0, 0.1) is 5.82 Å². The van der Waals surface area contributed by atoms with E-state index < -0.39 is 0 Å². The predicted molar refractivity (Wildman–Crippen MR) is 91.5 cm³/mol. The molecule has 0 amide bonds. The van der Waals surface area contributed by atoms with Crippen molar-refractivity contribution in [3.8, 4) is 5.75 Å². The van der Waals surface area contributed by atoms with Gasteiger partial charge in [-0.25, -0.2) is 4.39 Å². The summed E-state index contributed by atoms with van der Waals surface area (Å²) >= 11 is 0. The lowest BCUT2D eigenvalue weighted by molar-refractivity contribution is -0.892. The number of Topliss-reactive ketones (excluding diaryl/α,β-unsaturated/α-hetero) is 1. The number of piperazine rings is 1. The molecule has 1 saturated heterocycles. The number of hydrogen-bond acceptors (Lipinski definition) is 3. The van der Waals surface area contributed by atoms with Gasteiger partial charge in [-0.3, -0.25) is 4.79 Å². The van der Waals surface area contributed by atoms with Crippen LogP contribution in [0.2, 0.25) is 0 Å². The van der Waals surface area contributed by atoms with E-state index in [1.165, 1.54) is 17.0 Å². The molecule has 0 atom stereocenters. The van der Waals surface area contributed by atoms with Crippen LogP contribution in [0.15, 0.2) is 48.5 Å². The first-order valence-corrected chi connectivity index (χ1v) is 8.17. The van der Waals surface area contributed by atoms with Crippen molar-refractivity contribution in [3.63, 3.8) is 0 Å². The zero-order chi connectivity index (χ0) is 16.9. The molecular weight excluding hydrogens is 307 g/mol. The highest BCUT2D eigenvalue weighted by molar-refractivity contribution is 5.96. The first-order valence-electron chi connectivity index (χ1n) is 8.17. The van der Waals surface area contributed by atoms with Gasteiger partial charge in [-0.1, -0.05) is 0 Å². The first-order chi connectivity index (χ1) is 11.7. The van der Waals surface area contributed by atoms with Crippen LogP contribution in [-0.4, -0.2) is 45.6 Å². The molecule has 1 N–H and O–H groups in total. The Morgan fingerprint density at radius 2 is 1.71 bits per heavy atom. The summed E-state index contributed by atoms with van der Waals surface area (Å²) in [7, 11) is 1.61. The van der Waals surface area contributed by atoms with Crippen LogP contribution in [0.1, 0.15) is 10.4 Å². The van der Waals surface area contributed by atoms with Crippen LogP contribution in [0.5, 0.6) is 5.75 Å². The maximum atomic E-state index is 13.0. The van der Waals surface area contributed by atoms with Crippen molar-refractivity contribution in [2.24, 2.45) is 0 Å². The number of halogens is 1. The average Bonchev–Trinajstić information content (AvgIpc) is 2.63. The van der Waals surface area contributed by atoms with Gasteiger partial charge in [-0.05, 0) is 48.5 Å². The van der Waals surface area contributed by atoms with Gasteiger partial charge in [0.2, 0.25) is 5.78 Å². The van der Waals surface area contributed by atoms with Gasteiger partial charge in [0.1, 0.15) is 18.1 Å². The zero-order valence-electron chi connectivity index (χ0n) is 13.8. The lowest BCUT2D eigenvalue weighted by Crippen LogP contribution is -3.15. The van der Waals surface area contributed by atoms with E-state index in [0.717, 1.165) is 43.2 Å². The lowest BCUT2D eigenvalue weighted by Gasteiger charge is -2.33. The van der Waals surface area contributed by atoms with Gasteiger partial charge in [-0.15, -0.1) is 0 Å². The Morgan fingerprint density at radius 1 is 1.08 bits per heavy atom. The standard InChI is InChI=1S/C19H21FN2O2/c1-24-18-8-2-15(3-9-18)19(23)14-21-10-12-22(13-11-21)17-6-4-16(20)5-7-17/h2-9H,10-14H2,1H3/p+1. The third-order valence-corrected chi connectivity index (χ3v) is 4.48. The quantitative estimate of drug-likeness (QED) is 0.843. The molecule has 0 radical (unpaired) electrons. The number of carbonyl (C=O) groups excluding carboxylic acids is 1. The number of nitrogens with zero attached hydrogens (tertiary/aromatic N) is 1. The predicted octanol–water partition coefficient (Wildman–Crippen LogP) is 1.42. The highest BCUT2D eigenvalue weighted by atomic mass is 19.1. The van der Waals surface area contributed by atoms with Gasteiger partial charge in [-0.2, -0.15) is 0 Å². The van der Waals surface area contributed by atoms with Crippen molar-refractivity contribution in [3.05, 3.63) is 59.9 Å². The fourth-order valence-electron chi connectivity index (χ4n) is 3.02. The molecule has 126 valence electrons. The molecule has 1 aliphatic heterocycles. The number of rotatable bonds is 5. The summed E-state index contributed by atoms with van der Waals surface area (Å²) in [6, 6.07) is 13.9. The average molecular weight is 329 g/mol. The molecule has 4 nitrogen and oxygen atoms in total. The molecule has 0 saturated carbocycles. The molecule has 1 fully saturated rings. The summed E-state index contributed by atoms with van der Waals surface area (Å²) in [6.45, 7) is 4.05. The first kappa shape index (κ1) is 16.5. The van der Waals surface area contributed by atoms with E-state index in [1.54, 1.807) is 7.11 Å². The number of ketones is 1.